The molecule has 1 aromatic rings. The van der Waals surface area contributed by atoms with Crippen molar-refractivity contribution in [3.05, 3.63) is 28.3 Å². The minimum atomic E-state index is -3.94. The molecule has 118 valence electrons. The predicted octanol–water partition coefficient (Wildman–Crippen LogP) is 1.45. The number of carbonyl (C=O) groups excluding carboxylic acids is 1. The number of halogens is 1. The number of ether oxygens (including phenoxy) is 1. The van der Waals surface area contributed by atoms with Gasteiger partial charge in [-0.05, 0) is 38.5 Å². The average molecular weight is 335 g/mol. The number of carbonyl (C=O) groups is 1. The number of sulfonamides is 1. The van der Waals surface area contributed by atoms with Crippen LogP contribution in [0.5, 0.6) is 0 Å². The Morgan fingerprint density at radius 2 is 2.05 bits per heavy atom. The SMILES string of the molecule is Cc1c(Cl)cc(C(=O)NCCOC(C)C)cc1S(N)(=O)=O. The van der Waals surface area contributed by atoms with Gasteiger partial charge in [0.1, 0.15) is 0 Å². The van der Waals surface area contributed by atoms with Gasteiger partial charge < -0.3 is 10.1 Å². The van der Waals surface area contributed by atoms with Crippen molar-refractivity contribution in [2.45, 2.75) is 31.8 Å². The van der Waals surface area contributed by atoms with E-state index in [4.69, 9.17) is 21.5 Å². The van der Waals surface area contributed by atoms with E-state index in [2.05, 4.69) is 5.32 Å². The first-order chi connectivity index (χ1) is 9.62. The Kier molecular flexibility index (Phi) is 6.15. The van der Waals surface area contributed by atoms with Crippen LogP contribution in [-0.2, 0) is 14.8 Å². The van der Waals surface area contributed by atoms with E-state index in [0.717, 1.165) is 0 Å². The van der Waals surface area contributed by atoms with E-state index in [1.165, 1.54) is 19.1 Å². The first-order valence-corrected chi connectivity index (χ1v) is 8.28. The normalized spacial score (nSPS) is 11.7. The van der Waals surface area contributed by atoms with E-state index < -0.39 is 15.9 Å². The Morgan fingerprint density at radius 3 is 2.57 bits per heavy atom. The Labute approximate surface area is 129 Å². The van der Waals surface area contributed by atoms with Crippen molar-refractivity contribution in [1.82, 2.24) is 5.32 Å². The molecule has 0 heterocycles. The summed E-state index contributed by atoms with van der Waals surface area (Å²) in [6.07, 6.45) is 0.0738. The van der Waals surface area contributed by atoms with Gasteiger partial charge in [0.05, 0.1) is 17.6 Å². The molecule has 0 fully saturated rings. The molecule has 0 aliphatic rings. The second-order valence-corrected chi connectivity index (χ2v) is 6.74. The number of hydrogen-bond donors (Lipinski definition) is 2. The zero-order valence-corrected chi connectivity index (χ0v) is 13.7. The molecular formula is C13H19ClN2O4S. The van der Waals surface area contributed by atoms with Gasteiger partial charge in [0.25, 0.3) is 5.91 Å². The first kappa shape index (κ1) is 17.9. The molecule has 0 unspecified atom stereocenters. The molecule has 0 saturated carbocycles. The number of amides is 1. The molecule has 1 rings (SSSR count). The van der Waals surface area contributed by atoms with E-state index in [1.807, 2.05) is 13.8 Å². The molecule has 0 aliphatic heterocycles. The van der Waals surface area contributed by atoms with Crippen molar-refractivity contribution in [3.63, 3.8) is 0 Å². The molecule has 8 heteroatoms. The van der Waals surface area contributed by atoms with Gasteiger partial charge in [-0.1, -0.05) is 11.6 Å². The maximum atomic E-state index is 12.0. The molecule has 3 N–H and O–H groups in total. The van der Waals surface area contributed by atoms with E-state index in [0.29, 0.717) is 18.7 Å². The smallest absolute Gasteiger partial charge is 0.251 e. The van der Waals surface area contributed by atoms with Crippen molar-refractivity contribution in [1.29, 1.82) is 0 Å². The number of primary sulfonamides is 1. The Balaban J connectivity index is 2.89. The first-order valence-electron chi connectivity index (χ1n) is 6.35. The van der Waals surface area contributed by atoms with Crippen LogP contribution in [0.25, 0.3) is 0 Å². The summed E-state index contributed by atoms with van der Waals surface area (Å²) >= 11 is 5.95. The highest BCUT2D eigenvalue weighted by Crippen LogP contribution is 2.24. The van der Waals surface area contributed by atoms with Crippen LogP contribution in [0.2, 0.25) is 5.02 Å². The highest BCUT2D eigenvalue weighted by Gasteiger charge is 2.18. The van der Waals surface area contributed by atoms with Crippen LogP contribution in [0.4, 0.5) is 0 Å². The summed E-state index contributed by atoms with van der Waals surface area (Å²) in [6.45, 7) is 5.98. The third-order valence-electron chi connectivity index (χ3n) is 2.70. The molecule has 6 nitrogen and oxygen atoms in total. The van der Waals surface area contributed by atoms with Crippen LogP contribution in [0.3, 0.4) is 0 Å². The fourth-order valence-electron chi connectivity index (χ4n) is 1.64. The fourth-order valence-corrected chi connectivity index (χ4v) is 2.74. The number of benzene rings is 1. The minimum Gasteiger partial charge on any atom is -0.377 e. The second kappa shape index (κ2) is 7.22. The van der Waals surface area contributed by atoms with Gasteiger partial charge in [-0.15, -0.1) is 0 Å². The lowest BCUT2D eigenvalue weighted by atomic mass is 10.1. The maximum absolute atomic E-state index is 12.0. The van der Waals surface area contributed by atoms with Gasteiger partial charge in [0, 0.05) is 17.1 Å². The standard InChI is InChI=1S/C13H19ClN2O4S/c1-8(2)20-5-4-16-13(17)10-6-11(14)9(3)12(7-10)21(15,18)19/h6-8H,4-5H2,1-3H3,(H,16,17)(H2,15,18,19). The number of rotatable bonds is 6. The lowest BCUT2D eigenvalue weighted by molar-refractivity contribution is 0.0746. The molecule has 0 atom stereocenters. The van der Waals surface area contributed by atoms with Crippen LogP contribution in [0.1, 0.15) is 29.8 Å². The molecule has 0 aliphatic carbocycles. The van der Waals surface area contributed by atoms with Gasteiger partial charge in [-0.25, -0.2) is 13.6 Å². The fraction of sp³-hybridized carbons (Fsp3) is 0.462. The van der Waals surface area contributed by atoms with Gasteiger partial charge in [-0.3, -0.25) is 4.79 Å². The molecule has 1 aromatic carbocycles. The zero-order valence-electron chi connectivity index (χ0n) is 12.1. The maximum Gasteiger partial charge on any atom is 0.251 e. The Bertz CT molecular complexity index is 629. The monoisotopic (exact) mass is 334 g/mol. The highest BCUT2D eigenvalue weighted by atomic mass is 35.5. The molecule has 21 heavy (non-hydrogen) atoms. The summed E-state index contributed by atoms with van der Waals surface area (Å²) in [5.41, 5.74) is 0.457. The third-order valence-corrected chi connectivity index (χ3v) is 4.13. The topological polar surface area (TPSA) is 98.5 Å². The number of nitrogens with one attached hydrogen (secondary N) is 1. The highest BCUT2D eigenvalue weighted by molar-refractivity contribution is 7.89. The molecule has 0 saturated heterocycles. The Morgan fingerprint density at radius 1 is 1.43 bits per heavy atom. The van der Waals surface area contributed by atoms with Crippen LogP contribution in [-0.4, -0.2) is 33.6 Å². The van der Waals surface area contributed by atoms with Crippen LogP contribution in [0.15, 0.2) is 17.0 Å². The summed E-state index contributed by atoms with van der Waals surface area (Å²) in [6, 6.07) is 2.62. The van der Waals surface area contributed by atoms with Crippen LogP contribution in [0, 0.1) is 6.92 Å². The third kappa shape index (κ3) is 5.28. The van der Waals surface area contributed by atoms with Gasteiger partial charge in [0.15, 0.2) is 0 Å². The number of hydrogen-bond acceptors (Lipinski definition) is 4. The lowest BCUT2D eigenvalue weighted by Crippen LogP contribution is -2.28. The molecule has 0 aromatic heterocycles. The molecule has 1 amide bonds. The van der Waals surface area contributed by atoms with E-state index in [-0.39, 0.29) is 21.6 Å². The molecular weight excluding hydrogens is 316 g/mol. The van der Waals surface area contributed by atoms with Crippen LogP contribution >= 0.6 is 11.6 Å². The quantitative estimate of drug-likeness (QED) is 0.769. The molecule has 0 bridgehead atoms. The summed E-state index contributed by atoms with van der Waals surface area (Å²) in [4.78, 5) is 11.8. The number of nitrogens with two attached hydrogens (primary N) is 1. The van der Waals surface area contributed by atoms with Crippen molar-refractivity contribution in [3.8, 4) is 0 Å². The zero-order chi connectivity index (χ0) is 16.2. The lowest BCUT2D eigenvalue weighted by Gasteiger charge is -2.11. The summed E-state index contributed by atoms with van der Waals surface area (Å²) in [5, 5.41) is 7.91. The van der Waals surface area contributed by atoms with Gasteiger partial charge in [-0.2, -0.15) is 0 Å². The van der Waals surface area contributed by atoms with Crippen LogP contribution < -0.4 is 10.5 Å². The minimum absolute atomic E-state index is 0.0738. The summed E-state index contributed by atoms with van der Waals surface area (Å²) in [7, 11) is -3.94. The second-order valence-electron chi connectivity index (χ2n) is 4.80. The predicted molar refractivity (Wildman–Crippen MR) is 81.0 cm³/mol. The largest absolute Gasteiger partial charge is 0.377 e. The summed E-state index contributed by atoms with van der Waals surface area (Å²) in [5.74, 6) is -0.436. The molecule has 0 radical (unpaired) electrons. The van der Waals surface area contributed by atoms with Crippen molar-refractivity contribution in [2.24, 2.45) is 5.14 Å². The van der Waals surface area contributed by atoms with Crippen molar-refractivity contribution >= 4 is 27.5 Å². The average Bonchev–Trinajstić information content (AvgIpc) is 2.35. The van der Waals surface area contributed by atoms with E-state index in [1.54, 1.807) is 0 Å². The van der Waals surface area contributed by atoms with E-state index in [9.17, 15) is 13.2 Å². The Hall–Kier alpha value is -1.15. The van der Waals surface area contributed by atoms with Gasteiger partial charge in [0.2, 0.25) is 10.0 Å². The van der Waals surface area contributed by atoms with Crippen molar-refractivity contribution in [2.75, 3.05) is 13.2 Å². The summed E-state index contributed by atoms with van der Waals surface area (Å²) < 4.78 is 28.3. The van der Waals surface area contributed by atoms with Gasteiger partial charge >= 0.3 is 0 Å². The van der Waals surface area contributed by atoms with E-state index >= 15 is 0 Å². The van der Waals surface area contributed by atoms with Crippen molar-refractivity contribution < 1.29 is 17.9 Å². The molecule has 0 spiro atoms.